The Labute approximate surface area is 138 Å². The van der Waals surface area contributed by atoms with Gasteiger partial charge in [-0.1, -0.05) is 24.0 Å². The van der Waals surface area contributed by atoms with Gasteiger partial charge in [-0.2, -0.15) is 0 Å². The number of benzene rings is 1. The van der Waals surface area contributed by atoms with Crippen LogP contribution in [0.2, 0.25) is 0 Å². The summed E-state index contributed by atoms with van der Waals surface area (Å²) in [7, 11) is 0. The predicted octanol–water partition coefficient (Wildman–Crippen LogP) is 3.04. The van der Waals surface area contributed by atoms with Crippen LogP contribution in [-0.2, 0) is 4.79 Å². The number of amides is 1. The maximum Gasteiger partial charge on any atom is 0.266 e. The minimum atomic E-state index is -0.0717. The Kier molecular flexibility index (Phi) is 4.26. The second-order valence-corrected chi connectivity index (χ2v) is 6.28. The molecule has 2 aliphatic rings. The lowest BCUT2D eigenvalue weighted by atomic mass is 10.1. The molecule has 0 bridgehead atoms. The summed E-state index contributed by atoms with van der Waals surface area (Å²) in [5, 5.41) is 0. The number of carbonyl (C=O) groups is 1. The standard InChI is InChI=1S/C15H15NO4S2/c1-3-16-14(17)13(22-15(16)21)6-9-5-11-12(20-8-19-11)7-10(9)18-4-2/h5-7H,3-4,8H2,1-2H3. The third-order valence-corrected chi connectivity index (χ3v) is 4.66. The van der Waals surface area contributed by atoms with Crippen LogP contribution in [0.4, 0.5) is 0 Å². The molecule has 1 fully saturated rings. The second kappa shape index (κ2) is 6.18. The van der Waals surface area contributed by atoms with Crippen molar-refractivity contribution in [3.63, 3.8) is 0 Å². The van der Waals surface area contributed by atoms with Gasteiger partial charge in [0, 0.05) is 18.2 Å². The molecule has 3 rings (SSSR count). The average Bonchev–Trinajstić information content (AvgIpc) is 3.04. The summed E-state index contributed by atoms with van der Waals surface area (Å²) < 4.78 is 17.0. The first-order chi connectivity index (χ1) is 10.6. The maximum absolute atomic E-state index is 12.3. The molecule has 116 valence electrons. The molecule has 1 saturated heterocycles. The second-order valence-electron chi connectivity index (χ2n) is 4.60. The highest BCUT2D eigenvalue weighted by Gasteiger charge is 2.31. The third-order valence-electron chi connectivity index (χ3n) is 3.28. The van der Waals surface area contributed by atoms with E-state index in [1.165, 1.54) is 11.8 Å². The van der Waals surface area contributed by atoms with Crippen LogP contribution in [0.3, 0.4) is 0 Å². The van der Waals surface area contributed by atoms with E-state index in [9.17, 15) is 4.79 Å². The van der Waals surface area contributed by atoms with Gasteiger partial charge < -0.3 is 14.2 Å². The summed E-state index contributed by atoms with van der Waals surface area (Å²) in [6, 6.07) is 3.62. The summed E-state index contributed by atoms with van der Waals surface area (Å²) in [5.74, 6) is 1.90. The first-order valence-electron chi connectivity index (χ1n) is 6.95. The molecule has 22 heavy (non-hydrogen) atoms. The number of thiocarbonyl (C=S) groups is 1. The van der Waals surface area contributed by atoms with Crippen LogP contribution in [0.1, 0.15) is 19.4 Å². The Morgan fingerprint density at radius 3 is 2.73 bits per heavy atom. The predicted molar refractivity (Wildman–Crippen MR) is 89.3 cm³/mol. The topological polar surface area (TPSA) is 48.0 Å². The van der Waals surface area contributed by atoms with Gasteiger partial charge in [-0.25, -0.2) is 0 Å². The number of nitrogens with zero attached hydrogens (tertiary/aromatic N) is 1. The van der Waals surface area contributed by atoms with E-state index in [1.807, 2.05) is 19.9 Å². The fraction of sp³-hybridized carbons (Fsp3) is 0.333. The van der Waals surface area contributed by atoms with Crippen LogP contribution in [-0.4, -0.2) is 35.1 Å². The number of ether oxygens (including phenoxy) is 3. The van der Waals surface area contributed by atoms with Gasteiger partial charge >= 0.3 is 0 Å². The van der Waals surface area contributed by atoms with Gasteiger partial charge in [0.05, 0.1) is 11.5 Å². The van der Waals surface area contributed by atoms with Gasteiger partial charge in [0.1, 0.15) is 10.1 Å². The van der Waals surface area contributed by atoms with Crippen LogP contribution in [0.5, 0.6) is 17.2 Å². The lowest BCUT2D eigenvalue weighted by molar-refractivity contribution is -0.121. The Morgan fingerprint density at radius 1 is 1.36 bits per heavy atom. The van der Waals surface area contributed by atoms with Gasteiger partial charge in [-0.3, -0.25) is 9.69 Å². The minimum Gasteiger partial charge on any atom is -0.493 e. The molecule has 0 radical (unpaired) electrons. The van der Waals surface area contributed by atoms with Crippen molar-refractivity contribution < 1.29 is 19.0 Å². The number of carbonyl (C=O) groups excluding carboxylic acids is 1. The maximum atomic E-state index is 12.3. The summed E-state index contributed by atoms with van der Waals surface area (Å²) in [6.07, 6.45) is 1.79. The quantitative estimate of drug-likeness (QED) is 0.622. The molecule has 0 aliphatic carbocycles. The van der Waals surface area contributed by atoms with E-state index in [0.29, 0.717) is 39.6 Å². The van der Waals surface area contributed by atoms with Crippen LogP contribution < -0.4 is 14.2 Å². The lowest BCUT2D eigenvalue weighted by Gasteiger charge is -2.10. The third kappa shape index (κ3) is 2.66. The number of fused-ring (bicyclic) bond motifs is 1. The first kappa shape index (κ1) is 15.2. The number of rotatable bonds is 4. The highest BCUT2D eigenvalue weighted by Crippen LogP contribution is 2.41. The molecule has 0 spiro atoms. The number of hydrogen-bond acceptors (Lipinski definition) is 6. The Bertz CT molecular complexity index is 672. The molecule has 7 heteroatoms. The van der Waals surface area contributed by atoms with Crippen molar-refractivity contribution in [1.82, 2.24) is 4.90 Å². The van der Waals surface area contributed by atoms with Crippen molar-refractivity contribution in [1.29, 1.82) is 0 Å². The van der Waals surface area contributed by atoms with Gasteiger partial charge in [0.25, 0.3) is 5.91 Å². The smallest absolute Gasteiger partial charge is 0.266 e. The highest BCUT2D eigenvalue weighted by atomic mass is 32.2. The molecule has 0 saturated carbocycles. The van der Waals surface area contributed by atoms with Gasteiger partial charge in [0.2, 0.25) is 6.79 Å². The van der Waals surface area contributed by atoms with Crippen LogP contribution >= 0.6 is 24.0 Å². The molecular formula is C15H15NO4S2. The molecule has 2 aliphatic heterocycles. The number of hydrogen-bond donors (Lipinski definition) is 0. The summed E-state index contributed by atoms with van der Waals surface area (Å²) in [5.41, 5.74) is 0.780. The Morgan fingerprint density at radius 2 is 2.09 bits per heavy atom. The molecule has 1 amide bonds. The van der Waals surface area contributed by atoms with E-state index in [-0.39, 0.29) is 12.7 Å². The van der Waals surface area contributed by atoms with E-state index in [2.05, 4.69) is 0 Å². The monoisotopic (exact) mass is 337 g/mol. The van der Waals surface area contributed by atoms with Crippen LogP contribution in [0.25, 0.3) is 6.08 Å². The van der Waals surface area contributed by atoms with Crippen molar-refractivity contribution in [2.45, 2.75) is 13.8 Å². The molecule has 1 aromatic carbocycles. The highest BCUT2D eigenvalue weighted by molar-refractivity contribution is 8.26. The largest absolute Gasteiger partial charge is 0.493 e. The summed E-state index contributed by atoms with van der Waals surface area (Å²) in [6.45, 7) is 5.10. The number of thioether (sulfide) groups is 1. The van der Waals surface area contributed by atoms with Gasteiger partial charge in [-0.15, -0.1) is 0 Å². The minimum absolute atomic E-state index is 0.0717. The average molecular weight is 337 g/mol. The zero-order chi connectivity index (χ0) is 15.7. The Balaban J connectivity index is 1.99. The van der Waals surface area contributed by atoms with Crippen molar-refractivity contribution >= 4 is 40.3 Å². The van der Waals surface area contributed by atoms with Crippen LogP contribution in [0.15, 0.2) is 17.0 Å². The summed E-state index contributed by atoms with van der Waals surface area (Å²) in [4.78, 5) is 14.5. The van der Waals surface area contributed by atoms with E-state index in [0.717, 1.165) is 5.56 Å². The molecule has 0 unspecified atom stereocenters. The number of likely N-dealkylation sites (N-methyl/N-ethyl adjacent to an activating group) is 1. The van der Waals surface area contributed by atoms with Crippen LogP contribution in [0, 0.1) is 0 Å². The zero-order valence-corrected chi connectivity index (χ0v) is 13.9. The van der Waals surface area contributed by atoms with E-state index >= 15 is 0 Å². The molecule has 5 nitrogen and oxygen atoms in total. The van der Waals surface area contributed by atoms with E-state index in [1.54, 1.807) is 17.0 Å². The fourth-order valence-electron chi connectivity index (χ4n) is 2.25. The SMILES string of the molecule is CCOc1cc2c(cc1C=C1SC(=S)N(CC)C1=O)OCO2. The van der Waals surface area contributed by atoms with Crippen molar-refractivity contribution in [2.75, 3.05) is 19.9 Å². The molecule has 2 heterocycles. The molecule has 0 aromatic heterocycles. The van der Waals surface area contributed by atoms with Gasteiger partial charge in [0.15, 0.2) is 11.5 Å². The van der Waals surface area contributed by atoms with Crippen molar-refractivity contribution in [2.24, 2.45) is 0 Å². The normalized spacial score (nSPS) is 18.5. The van der Waals surface area contributed by atoms with E-state index < -0.39 is 0 Å². The first-order valence-corrected chi connectivity index (χ1v) is 8.18. The lowest BCUT2D eigenvalue weighted by Crippen LogP contribution is -2.27. The summed E-state index contributed by atoms with van der Waals surface area (Å²) >= 11 is 6.53. The zero-order valence-electron chi connectivity index (χ0n) is 12.3. The van der Waals surface area contributed by atoms with Gasteiger partial charge in [-0.05, 0) is 26.0 Å². The molecule has 0 atom stereocenters. The van der Waals surface area contributed by atoms with Crippen molar-refractivity contribution in [3.8, 4) is 17.2 Å². The van der Waals surface area contributed by atoms with E-state index in [4.69, 9.17) is 26.4 Å². The molecular weight excluding hydrogens is 322 g/mol. The molecule has 0 N–H and O–H groups in total. The van der Waals surface area contributed by atoms with Crippen molar-refractivity contribution in [3.05, 3.63) is 22.6 Å². The fourth-order valence-corrected chi connectivity index (χ4v) is 3.62. The molecule has 1 aromatic rings. The Hall–Kier alpha value is -1.73.